The highest BCUT2D eigenvalue weighted by Crippen LogP contribution is 2.38. The number of aromatic nitrogens is 3. The van der Waals surface area contributed by atoms with Gasteiger partial charge in [-0.25, -0.2) is 9.97 Å². The number of piperazine rings is 1. The average Bonchev–Trinajstić information content (AvgIpc) is 3.66. The number of aromatic amines is 1. The number of ether oxygens (including phenoxy) is 1. The Morgan fingerprint density at radius 2 is 1.79 bits per heavy atom. The van der Waals surface area contributed by atoms with E-state index in [1.54, 1.807) is 47.5 Å². The van der Waals surface area contributed by atoms with Crippen molar-refractivity contribution in [1.82, 2.24) is 24.9 Å². The van der Waals surface area contributed by atoms with Gasteiger partial charge in [0.05, 0.1) is 23.5 Å². The second-order valence-corrected chi connectivity index (χ2v) is 12.0. The van der Waals surface area contributed by atoms with Crippen LogP contribution < -0.4 is 15.0 Å². The highest BCUT2D eigenvalue weighted by molar-refractivity contribution is 6.04. The fraction of sp³-hybridized carbons (Fsp3) is 0.333. The topological polar surface area (TPSA) is 127 Å². The van der Waals surface area contributed by atoms with Crippen molar-refractivity contribution in [2.75, 3.05) is 36.4 Å². The van der Waals surface area contributed by atoms with E-state index in [2.05, 4.69) is 31.9 Å². The Balaban J connectivity index is 1.17. The summed E-state index contributed by atoms with van der Waals surface area (Å²) >= 11 is 0. The van der Waals surface area contributed by atoms with Crippen LogP contribution in [-0.2, 0) is 4.79 Å². The van der Waals surface area contributed by atoms with Gasteiger partial charge in [0.1, 0.15) is 17.4 Å². The summed E-state index contributed by atoms with van der Waals surface area (Å²) in [4.78, 5) is 39.9. The fourth-order valence-electron chi connectivity index (χ4n) is 6.12. The van der Waals surface area contributed by atoms with Crippen molar-refractivity contribution >= 4 is 23.8 Å². The van der Waals surface area contributed by atoms with Gasteiger partial charge in [-0.1, -0.05) is 31.2 Å². The van der Waals surface area contributed by atoms with Crippen LogP contribution in [0.3, 0.4) is 0 Å². The minimum Gasteiger partial charge on any atom is -0.405 e. The van der Waals surface area contributed by atoms with Crippen LogP contribution in [0, 0.1) is 5.92 Å². The largest absolute Gasteiger partial charge is 0.573 e. The van der Waals surface area contributed by atoms with Gasteiger partial charge < -0.3 is 30.0 Å². The van der Waals surface area contributed by atoms with E-state index in [1.165, 1.54) is 23.4 Å². The molecule has 3 atom stereocenters. The number of pyridine rings is 1. The molecule has 246 valence electrons. The first-order valence-electron chi connectivity index (χ1n) is 15.2. The first-order valence-corrected chi connectivity index (χ1v) is 15.2. The SMILES string of the molecule is C[C@H]1C[C@@H](c2ncc(-c3ccc(-c4ccc(NC(=O)c5ccc(N6CCN(C=O)C[C@H]6C)nc5)cc4OC(F)(F)F)cc3)[nH]2)N(O)C1. The number of imidazole rings is 1. The molecule has 2 fully saturated rings. The molecule has 2 amide bonds. The third kappa shape index (κ3) is 7.23. The van der Waals surface area contributed by atoms with Gasteiger partial charge in [-0.3, -0.25) is 9.59 Å². The number of nitrogens with one attached hydrogen (secondary N) is 2. The Hall–Kier alpha value is -4.95. The van der Waals surface area contributed by atoms with Gasteiger partial charge in [0, 0.05) is 55.7 Å². The van der Waals surface area contributed by atoms with Crippen LogP contribution in [0.25, 0.3) is 22.4 Å². The van der Waals surface area contributed by atoms with Crippen LogP contribution in [0.2, 0.25) is 0 Å². The molecule has 4 aromatic rings. The zero-order valence-corrected chi connectivity index (χ0v) is 25.7. The molecule has 2 aromatic carbocycles. The lowest BCUT2D eigenvalue weighted by atomic mass is 10.0. The van der Waals surface area contributed by atoms with Crippen molar-refractivity contribution in [2.45, 2.75) is 38.7 Å². The third-order valence-corrected chi connectivity index (χ3v) is 8.48. The van der Waals surface area contributed by atoms with Gasteiger partial charge in [-0.2, -0.15) is 5.06 Å². The van der Waals surface area contributed by atoms with Crippen molar-refractivity contribution in [1.29, 1.82) is 0 Å². The number of halogens is 3. The maximum atomic E-state index is 13.5. The average molecular weight is 650 g/mol. The number of hydrogen-bond donors (Lipinski definition) is 3. The van der Waals surface area contributed by atoms with Crippen LogP contribution in [0.15, 0.2) is 67.0 Å². The van der Waals surface area contributed by atoms with E-state index in [4.69, 9.17) is 0 Å². The van der Waals surface area contributed by atoms with E-state index in [0.717, 1.165) is 24.5 Å². The minimum atomic E-state index is -4.96. The van der Waals surface area contributed by atoms with Crippen molar-refractivity contribution in [2.24, 2.45) is 5.92 Å². The maximum Gasteiger partial charge on any atom is 0.573 e. The second-order valence-electron chi connectivity index (χ2n) is 12.0. The van der Waals surface area contributed by atoms with Crippen molar-refractivity contribution < 1.29 is 32.7 Å². The first kappa shape index (κ1) is 32.0. The van der Waals surface area contributed by atoms with Crippen LogP contribution in [-0.4, -0.2) is 81.0 Å². The lowest BCUT2D eigenvalue weighted by molar-refractivity contribution is -0.274. The van der Waals surface area contributed by atoms with Crippen molar-refractivity contribution in [3.8, 4) is 28.1 Å². The number of hydroxylamine groups is 2. The zero-order chi connectivity index (χ0) is 33.3. The molecule has 0 radical (unpaired) electrons. The van der Waals surface area contributed by atoms with E-state index >= 15 is 0 Å². The van der Waals surface area contributed by atoms with E-state index < -0.39 is 18.0 Å². The van der Waals surface area contributed by atoms with Crippen LogP contribution >= 0.6 is 0 Å². The molecule has 2 saturated heterocycles. The summed E-state index contributed by atoms with van der Waals surface area (Å²) in [5.74, 6) is 0.616. The van der Waals surface area contributed by atoms with Gasteiger partial charge in [-0.05, 0) is 54.7 Å². The molecule has 14 heteroatoms. The van der Waals surface area contributed by atoms with Crippen LogP contribution in [0.1, 0.15) is 42.5 Å². The Labute approximate surface area is 268 Å². The summed E-state index contributed by atoms with van der Waals surface area (Å²) in [6, 6.07) is 14.1. The molecule has 0 bridgehead atoms. The molecule has 2 aromatic heterocycles. The number of benzene rings is 2. The minimum absolute atomic E-state index is 0.0418. The molecular weight excluding hydrogens is 615 g/mol. The summed E-state index contributed by atoms with van der Waals surface area (Å²) in [6.45, 7) is 6.33. The molecule has 0 spiro atoms. The molecule has 3 N–H and O–H groups in total. The predicted molar refractivity (Wildman–Crippen MR) is 168 cm³/mol. The van der Waals surface area contributed by atoms with E-state index in [-0.39, 0.29) is 28.9 Å². The number of H-pyrrole nitrogens is 1. The third-order valence-electron chi connectivity index (χ3n) is 8.48. The molecule has 0 saturated carbocycles. The monoisotopic (exact) mass is 649 g/mol. The van der Waals surface area contributed by atoms with Crippen LogP contribution in [0.4, 0.5) is 24.7 Å². The summed E-state index contributed by atoms with van der Waals surface area (Å²) in [5.41, 5.74) is 2.47. The molecule has 2 aliphatic rings. The second kappa shape index (κ2) is 13.0. The lowest BCUT2D eigenvalue weighted by Gasteiger charge is -2.39. The summed E-state index contributed by atoms with van der Waals surface area (Å²) in [6.07, 6.45) is -0.301. The summed E-state index contributed by atoms with van der Waals surface area (Å²) < 4.78 is 44.7. The number of carbonyl (C=O) groups is 2. The van der Waals surface area contributed by atoms with Gasteiger partial charge in [0.25, 0.3) is 5.91 Å². The Kier molecular flexibility index (Phi) is 8.88. The van der Waals surface area contributed by atoms with Gasteiger partial charge >= 0.3 is 6.36 Å². The fourth-order valence-corrected chi connectivity index (χ4v) is 6.12. The van der Waals surface area contributed by atoms with Gasteiger partial charge in [-0.15, -0.1) is 13.2 Å². The number of carbonyl (C=O) groups excluding carboxylic acids is 2. The number of nitrogens with zero attached hydrogens (tertiary/aromatic N) is 5. The smallest absolute Gasteiger partial charge is 0.405 e. The maximum absolute atomic E-state index is 13.5. The quantitative estimate of drug-likeness (QED) is 0.207. The number of anilines is 2. The molecule has 2 aliphatic heterocycles. The van der Waals surface area contributed by atoms with E-state index in [0.29, 0.717) is 55.0 Å². The Bertz CT molecular complexity index is 1730. The lowest BCUT2D eigenvalue weighted by Crippen LogP contribution is -2.51. The van der Waals surface area contributed by atoms with Crippen LogP contribution in [0.5, 0.6) is 5.75 Å². The summed E-state index contributed by atoms with van der Waals surface area (Å²) in [7, 11) is 0. The summed E-state index contributed by atoms with van der Waals surface area (Å²) in [5, 5.41) is 14.1. The Morgan fingerprint density at radius 1 is 1.02 bits per heavy atom. The highest BCUT2D eigenvalue weighted by atomic mass is 19.4. The molecule has 47 heavy (non-hydrogen) atoms. The number of amides is 2. The van der Waals surface area contributed by atoms with Gasteiger partial charge in [0.15, 0.2) is 0 Å². The van der Waals surface area contributed by atoms with Crippen molar-refractivity contribution in [3.63, 3.8) is 0 Å². The molecule has 0 aliphatic carbocycles. The molecule has 0 unspecified atom stereocenters. The van der Waals surface area contributed by atoms with E-state index in [9.17, 15) is 28.0 Å². The molecule has 4 heterocycles. The number of alkyl halides is 3. The van der Waals surface area contributed by atoms with Crippen molar-refractivity contribution in [3.05, 3.63) is 78.4 Å². The standard InChI is InChI=1S/C33H34F3N7O4/c1-20-13-28(43(46)17-20)31-38-16-27(40-31)23-5-3-22(4-6-23)26-9-8-25(14-29(26)47-33(34,35)36)39-32(45)24-7-10-30(37-15-24)42-12-11-41(19-44)18-21(42)2/h3-10,14-16,19-21,28,46H,11-13,17-18H2,1-2H3,(H,38,40)(H,39,45)/t20-,21+,28-/m0/s1. The highest BCUT2D eigenvalue weighted by Gasteiger charge is 2.33. The van der Waals surface area contributed by atoms with Gasteiger partial charge in [0.2, 0.25) is 6.41 Å². The molecule has 6 rings (SSSR count). The number of hydrogen-bond acceptors (Lipinski definition) is 8. The molecular formula is C33H34F3N7O4. The van der Waals surface area contributed by atoms with E-state index in [1.807, 2.05) is 11.8 Å². The Morgan fingerprint density at radius 3 is 2.43 bits per heavy atom. The number of rotatable bonds is 8. The predicted octanol–water partition coefficient (Wildman–Crippen LogP) is 5.73. The normalized spacial score (nSPS) is 20.3. The molecule has 11 nitrogen and oxygen atoms in total. The first-order chi connectivity index (χ1) is 22.5. The zero-order valence-electron chi connectivity index (χ0n) is 25.7.